The number of fused-ring (bicyclic) bond motifs is 1. The molecule has 82 valence electrons. The lowest BCUT2D eigenvalue weighted by molar-refractivity contribution is 0.936. The molecule has 0 atom stereocenters. The molecule has 0 aliphatic heterocycles. The lowest BCUT2D eigenvalue weighted by Crippen LogP contribution is -1.86. The summed E-state index contributed by atoms with van der Waals surface area (Å²) in [5.74, 6) is 0. The first-order chi connectivity index (χ1) is 8.42. The number of aromatic nitrogens is 4. The van der Waals surface area contributed by atoms with Gasteiger partial charge in [0.05, 0.1) is 11.2 Å². The van der Waals surface area contributed by atoms with E-state index in [9.17, 15) is 0 Å². The lowest BCUT2D eigenvalue weighted by atomic mass is 10.2. The maximum atomic E-state index is 4.53. The van der Waals surface area contributed by atoms with Gasteiger partial charge in [0, 0.05) is 11.6 Å². The summed E-state index contributed by atoms with van der Waals surface area (Å²) in [6.07, 6.45) is 6.86. The summed E-state index contributed by atoms with van der Waals surface area (Å²) in [5.41, 5.74) is 1.90. The second-order valence-corrected chi connectivity index (χ2v) is 3.62. The molecule has 17 heavy (non-hydrogen) atoms. The van der Waals surface area contributed by atoms with E-state index in [0.717, 1.165) is 16.6 Å². The lowest BCUT2D eigenvalue weighted by Gasteiger charge is -1.98. The second-order valence-electron chi connectivity index (χ2n) is 3.62. The van der Waals surface area contributed by atoms with E-state index in [1.54, 1.807) is 11.0 Å². The summed E-state index contributed by atoms with van der Waals surface area (Å²) in [6, 6.07) is 12.1. The highest BCUT2D eigenvalue weighted by Crippen LogP contribution is 2.12. The molecule has 4 nitrogen and oxygen atoms in total. The van der Waals surface area contributed by atoms with Crippen molar-refractivity contribution < 1.29 is 0 Å². The Kier molecular flexibility index (Phi) is 2.38. The van der Waals surface area contributed by atoms with Crippen LogP contribution in [0.1, 0.15) is 5.69 Å². The van der Waals surface area contributed by atoms with Gasteiger partial charge >= 0.3 is 0 Å². The third-order valence-corrected chi connectivity index (χ3v) is 2.45. The number of hydrogen-bond donors (Lipinski definition) is 0. The Balaban J connectivity index is 1.96. The van der Waals surface area contributed by atoms with Crippen LogP contribution in [0.25, 0.3) is 23.2 Å². The van der Waals surface area contributed by atoms with E-state index < -0.39 is 0 Å². The van der Waals surface area contributed by atoms with E-state index >= 15 is 0 Å². The van der Waals surface area contributed by atoms with Crippen LogP contribution in [0.3, 0.4) is 0 Å². The van der Waals surface area contributed by atoms with Crippen LogP contribution in [0, 0.1) is 0 Å². The second kappa shape index (κ2) is 4.17. The average molecular weight is 222 g/mol. The van der Waals surface area contributed by atoms with Crippen LogP contribution >= 0.6 is 0 Å². The Labute approximate surface area is 98.3 Å². The number of nitrogens with zero attached hydrogens (tertiary/aromatic N) is 4. The van der Waals surface area contributed by atoms with Crippen molar-refractivity contribution in [1.29, 1.82) is 0 Å². The first-order valence-electron chi connectivity index (χ1n) is 5.30. The number of benzene rings is 1. The molecule has 2 heterocycles. The molecule has 2 aromatic heterocycles. The zero-order chi connectivity index (χ0) is 11.5. The maximum absolute atomic E-state index is 4.53. The summed E-state index contributed by atoms with van der Waals surface area (Å²) in [4.78, 5) is 8.39. The smallest absolute Gasteiger partial charge is 0.138 e. The van der Waals surface area contributed by atoms with E-state index in [-0.39, 0.29) is 0 Å². The molecule has 4 heteroatoms. The van der Waals surface area contributed by atoms with Crippen LogP contribution in [0.5, 0.6) is 0 Å². The molecule has 0 bridgehead atoms. The fourth-order valence-corrected chi connectivity index (χ4v) is 1.62. The van der Waals surface area contributed by atoms with Crippen molar-refractivity contribution in [3.05, 3.63) is 54.7 Å². The molecule has 0 aliphatic carbocycles. The normalized spacial score (nSPS) is 11.3. The minimum Gasteiger partial charge on any atom is -0.248 e. The minimum atomic E-state index is 0.902. The predicted octanol–water partition coefficient (Wildman–Crippen LogP) is 2.45. The van der Waals surface area contributed by atoms with Crippen LogP contribution in [-0.2, 0) is 0 Å². The molecular weight excluding hydrogens is 212 g/mol. The Morgan fingerprint density at radius 1 is 1.06 bits per heavy atom. The predicted molar refractivity (Wildman–Crippen MR) is 67.0 cm³/mol. The van der Waals surface area contributed by atoms with Gasteiger partial charge in [-0.2, -0.15) is 5.10 Å². The van der Waals surface area contributed by atoms with E-state index in [4.69, 9.17) is 0 Å². The SMILES string of the molecule is C(=Cn1cncn1)c1ccc2ccccc2n1. The van der Waals surface area contributed by atoms with Gasteiger partial charge in [0.2, 0.25) is 0 Å². The van der Waals surface area contributed by atoms with Crippen LogP contribution in [0.4, 0.5) is 0 Å². The van der Waals surface area contributed by atoms with Crippen molar-refractivity contribution in [2.45, 2.75) is 0 Å². The fraction of sp³-hybridized carbons (Fsp3) is 0. The molecule has 0 radical (unpaired) electrons. The van der Waals surface area contributed by atoms with Gasteiger partial charge in [0.1, 0.15) is 12.7 Å². The van der Waals surface area contributed by atoms with Crippen molar-refractivity contribution in [3.8, 4) is 0 Å². The molecule has 3 rings (SSSR count). The summed E-state index contributed by atoms with van der Waals surface area (Å²) in [6.45, 7) is 0. The molecule has 0 saturated carbocycles. The molecule has 0 amide bonds. The zero-order valence-electron chi connectivity index (χ0n) is 9.06. The number of pyridine rings is 1. The molecule has 0 N–H and O–H groups in total. The van der Waals surface area contributed by atoms with Crippen LogP contribution < -0.4 is 0 Å². The largest absolute Gasteiger partial charge is 0.248 e. The Morgan fingerprint density at radius 2 is 2.00 bits per heavy atom. The fourth-order valence-electron chi connectivity index (χ4n) is 1.62. The number of para-hydroxylation sites is 1. The first-order valence-corrected chi connectivity index (χ1v) is 5.30. The molecule has 0 saturated heterocycles. The highest BCUT2D eigenvalue weighted by atomic mass is 15.3. The molecular formula is C13H10N4. The molecule has 3 aromatic rings. The number of hydrogen-bond acceptors (Lipinski definition) is 3. The van der Waals surface area contributed by atoms with Gasteiger partial charge in [-0.05, 0) is 18.2 Å². The number of rotatable bonds is 2. The molecule has 0 fully saturated rings. The maximum Gasteiger partial charge on any atom is 0.138 e. The standard InChI is InChI=1S/C13H10N4/c1-2-4-13-11(3-1)5-6-12(16-13)7-8-17-10-14-9-15-17/h1-10H. The van der Waals surface area contributed by atoms with Crippen LogP contribution in [0.2, 0.25) is 0 Å². The molecule has 0 aliphatic rings. The summed E-state index contributed by atoms with van der Waals surface area (Å²) >= 11 is 0. The van der Waals surface area contributed by atoms with Crippen LogP contribution in [0.15, 0.2) is 49.1 Å². The third-order valence-electron chi connectivity index (χ3n) is 2.45. The Hall–Kier alpha value is -2.49. The van der Waals surface area contributed by atoms with Crippen LogP contribution in [-0.4, -0.2) is 19.7 Å². The third kappa shape index (κ3) is 2.06. The Morgan fingerprint density at radius 3 is 2.88 bits per heavy atom. The van der Waals surface area contributed by atoms with E-state index in [1.165, 1.54) is 6.33 Å². The van der Waals surface area contributed by atoms with E-state index in [2.05, 4.69) is 21.1 Å². The highest BCUT2D eigenvalue weighted by Gasteiger charge is 1.94. The van der Waals surface area contributed by atoms with Gasteiger partial charge < -0.3 is 0 Å². The summed E-state index contributed by atoms with van der Waals surface area (Å²) in [5, 5.41) is 5.13. The quantitative estimate of drug-likeness (QED) is 0.669. The minimum absolute atomic E-state index is 0.902. The van der Waals surface area contributed by atoms with Crippen molar-refractivity contribution >= 4 is 23.2 Å². The zero-order valence-corrected chi connectivity index (χ0v) is 9.06. The van der Waals surface area contributed by atoms with E-state index in [0.29, 0.717) is 0 Å². The van der Waals surface area contributed by atoms with Crippen molar-refractivity contribution in [1.82, 2.24) is 19.7 Å². The summed E-state index contributed by atoms with van der Waals surface area (Å²) < 4.78 is 1.64. The summed E-state index contributed by atoms with van der Waals surface area (Å²) in [7, 11) is 0. The highest BCUT2D eigenvalue weighted by molar-refractivity contribution is 5.80. The van der Waals surface area contributed by atoms with Gasteiger partial charge in [-0.25, -0.2) is 14.6 Å². The molecule has 0 unspecified atom stereocenters. The first kappa shape index (κ1) is 9.72. The van der Waals surface area contributed by atoms with Gasteiger partial charge in [-0.1, -0.05) is 24.3 Å². The van der Waals surface area contributed by atoms with Gasteiger partial charge in [0.15, 0.2) is 0 Å². The van der Waals surface area contributed by atoms with Crippen molar-refractivity contribution in [3.63, 3.8) is 0 Å². The monoisotopic (exact) mass is 222 g/mol. The van der Waals surface area contributed by atoms with Crippen molar-refractivity contribution in [2.24, 2.45) is 0 Å². The molecule has 0 spiro atoms. The Bertz CT molecular complexity index is 656. The molecule has 1 aromatic carbocycles. The topological polar surface area (TPSA) is 43.6 Å². The van der Waals surface area contributed by atoms with E-state index in [1.807, 2.05) is 42.6 Å². The van der Waals surface area contributed by atoms with Gasteiger partial charge in [0.25, 0.3) is 0 Å². The van der Waals surface area contributed by atoms with Gasteiger partial charge in [-0.15, -0.1) is 0 Å². The van der Waals surface area contributed by atoms with Gasteiger partial charge in [-0.3, -0.25) is 0 Å². The van der Waals surface area contributed by atoms with Crippen molar-refractivity contribution in [2.75, 3.05) is 0 Å². The average Bonchev–Trinajstić information content (AvgIpc) is 2.89.